The lowest BCUT2D eigenvalue weighted by Crippen LogP contribution is -2.64. The molecule has 3 heteroatoms. The highest BCUT2D eigenvalue weighted by Crippen LogP contribution is 2.43. The van der Waals surface area contributed by atoms with Gasteiger partial charge in [-0.05, 0) is 82.7 Å². The van der Waals surface area contributed by atoms with Crippen molar-refractivity contribution in [3.05, 3.63) is 0 Å². The predicted molar refractivity (Wildman–Crippen MR) is 110 cm³/mol. The number of piperidine rings is 1. The van der Waals surface area contributed by atoms with E-state index in [1.807, 2.05) is 0 Å². The van der Waals surface area contributed by atoms with Gasteiger partial charge in [0.05, 0.1) is 0 Å². The van der Waals surface area contributed by atoms with E-state index in [-0.39, 0.29) is 0 Å². The first-order valence-corrected chi connectivity index (χ1v) is 11.3. The van der Waals surface area contributed by atoms with Crippen LogP contribution in [0, 0.1) is 23.2 Å². The molecule has 3 saturated heterocycles. The van der Waals surface area contributed by atoms with E-state index >= 15 is 0 Å². The molecule has 0 radical (unpaired) electrons. The van der Waals surface area contributed by atoms with Crippen LogP contribution >= 0.6 is 0 Å². The van der Waals surface area contributed by atoms with E-state index in [0.717, 1.165) is 29.8 Å². The average molecular weight is 362 g/mol. The molecule has 150 valence electrons. The fourth-order valence-corrected chi connectivity index (χ4v) is 6.27. The van der Waals surface area contributed by atoms with Gasteiger partial charge < -0.3 is 4.90 Å². The van der Waals surface area contributed by atoms with E-state index in [1.165, 1.54) is 65.0 Å². The molecule has 1 aliphatic carbocycles. The Kier molecular flexibility index (Phi) is 4.98. The molecule has 4 aliphatic rings. The maximum Gasteiger partial charge on any atom is 0.0351 e. The molecule has 0 spiro atoms. The van der Waals surface area contributed by atoms with Gasteiger partial charge in [0.15, 0.2) is 0 Å². The van der Waals surface area contributed by atoms with Gasteiger partial charge in [-0.25, -0.2) is 0 Å². The zero-order valence-corrected chi connectivity index (χ0v) is 18.3. The first kappa shape index (κ1) is 19.2. The number of fused-ring (bicyclic) bond motifs is 1. The summed E-state index contributed by atoms with van der Waals surface area (Å²) < 4.78 is 0. The van der Waals surface area contributed by atoms with Crippen molar-refractivity contribution in [3.8, 4) is 0 Å². The molecule has 1 unspecified atom stereocenters. The van der Waals surface area contributed by atoms with E-state index in [1.54, 1.807) is 0 Å². The second kappa shape index (κ2) is 6.74. The van der Waals surface area contributed by atoms with Crippen molar-refractivity contribution < 1.29 is 0 Å². The van der Waals surface area contributed by atoms with Crippen LogP contribution in [0.5, 0.6) is 0 Å². The number of rotatable bonds is 2. The van der Waals surface area contributed by atoms with Crippen LogP contribution in [-0.4, -0.2) is 71.6 Å². The standard InChI is InChI=1S/C23H43N3/c1-22(2,3)19-7-9-24(10-8-19)20-11-17-13-25(14-18(17)12-20)21-15-26(16-21)23(4,5)6/h17-21H,7-16H2,1-6H3/t17-,18+,20?. The van der Waals surface area contributed by atoms with Crippen molar-refractivity contribution >= 4 is 0 Å². The van der Waals surface area contributed by atoms with Crippen LogP contribution in [0.3, 0.4) is 0 Å². The number of hydrogen-bond donors (Lipinski definition) is 0. The van der Waals surface area contributed by atoms with Crippen LogP contribution in [0.2, 0.25) is 0 Å². The van der Waals surface area contributed by atoms with Crippen LogP contribution in [0.4, 0.5) is 0 Å². The molecule has 3 aliphatic heterocycles. The van der Waals surface area contributed by atoms with Crippen LogP contribution in [0.25, 0.3) is 0 Å². The normalized spacial score (nSPS) is 36.5. The fourth-order valence-electron chi connectivity index (χ4n) is 6.27. The molecule has 0 N–H and O–H groups in total. The molecule has 4 fully saturated rings. The molecule has 0 aromatic heterocycles. The first-order chi connectivity index (χ1) is 12.1. The number of likely N-dealkylation sites (tertiary alicyclic amines) is 3. The Balaban J connectivity index is 1.23. The minimum absolute atomic E-state index is 0.358. The van der Waals surface area contributed by atoms with Crippen molar-refractivity contribution in [2.45, 2.75) is 84.8 Å². The van der Waals surface area contributed by atoms with Crippen molar-refractivity contribution in [1.82, 2.24) is 14.7 Å². The Morgan fingerprint density at radius 2 is 1.19 bits per heavy atom. The molecule has 0 aromatic carbocycles. The SMILES string of the molecule is CC(C)(C)C1CCN(C2C[C@@H]3CN(C4CN(C(C)(C)C)C4)C[C@@H]3C2)CC1. The molecule has 3 nitrogen and oxygen atoms in total. The second-order valence-electron chi connectivity index (χ2n) is 12.0. The molecular formula is C23H43N3. The van der Waals surface area contributed by atoms with Gasteiger partial charge in [-0.15, -0.1) is 0 Å². The third-order valence-electron chi connectivity index (χ3n) is 8.35. The summed E-state index contributed by atoms with van der Waals surface area (Å²) >= 11 is 0. The summed E-state index contributed by atoms with van der Waals surface area (Å²) in [5.74, 6) is 2.91. The molecule has 26 heavy (non-hydrogen) atoms. The van der Waals surface area contributed by atoms with Gasteiger partial charge in [0.25, 0.3) is 0 Å². The van der Waals surface area contributed by atoms with Crippen molar-refractivity contribution in [2.75, 3.05) is 39.3 Å². The van der Waals surface area contributed by atoms with E-state index in [0.29, 0.717) is 11.0 Å². The van der Waals surface area contributed by atoms with Gasteiger partial charge in [-0.1, -0.05) is 20.8 Å². The van der Waals surface area contributed by atoms with Gasteiger partial charge in [-0.2, -0.15) is 0 Å². The Morgan fingerprint density at radius 3 is 1.65 bits per heavy atom. The summed E-state index contributed by atoms with van der Waals surface area (Å²) in [5, 5.41) is 0. The molecular weight excluding hydrogens is 318 g/mol. The van der Waals surface area contributed by atoms with Crippen molar-refractivity contribution in [1.29, 1.82) is 0 Å². The fraction of sp³-hybridized carbons (Fsp3) is 1.00. The Labute approximate surface area is 162 Å². The quantitative estimate of drug-likeness (QED) is 0.738. The summed E-state index contributed by atoms with van der Waals surface area (Å²) in [5.41, 5.74) is 0.860. The lowest BCUT2D eigenvalue weighted by Gasteiger charge is -2.51. The highest BCUT2D eigenvalue weighted by Gasteiger charge is 2.47. The zero-order chi connectivity index (χ0) is 18.7. The third kappa shape index (κ3) is 3.73. The van der Waals surface area contributed by atoms with Gasteiger partial charge in [0.2, 0.25) is 0 Å². The minimum Gasteiger partial charge on any atom is -0.300 e. The molecule has 0 amide bonds. The monoisotopic (exact) mass is 361 g/mol. The Morgan fingerprint density at radius 1 is 0.654 bits per heavy atom. The van der Waals surface area contributed by atoms with E-state index in [4.69, 9.17) is 0 Å². The van der Waals surface area contributed by atoms with Gasteiger partial charge in [-0.3, -0.25) is 9.80 Å². The van der Waals surface area contributed by atoms with Gasteiger partial charge in [0, 0.05) is 43.8 Å². The largest absolute Gasteiger partial charge is 0.300 e. The molecule has 4 rings (SSSR count). The number of nitrogens with zero attached hydrogens (tertiary/aromatic N) is 3. The van der Waals surface area contributed by atoms with Crippen LogP contribution in [-0.2, 0) is 0 Å². The lowest BCUT2D eigenvalue weighted by molar-refractivity contribution is -0.0174. The summed E-state index contributed by atoms with van der Waals surface area (Å²) in [6.07, 6.45) is 5.81. The predicted octanol–water partition coefficient (Wildman–Crippen LogP) is 3.94. The van der Waals surface area contributed by atoms with Crippen LogP contribution in [0.15, 0.2) is 0 Å². The minimum atomic E-state index is 0.358. The van der Waals surface area contributed by atoms with E-state index < -0.39 is 0 Å². The topological polar surface area (TPSA) is 9.72 Å². The summed E-state index contributed by atoms with van der Waals surface area (Å²) in [6, 6.07) is 1.75. The van der Waals surface area contributed by atoms with Crippen LogP contribution in [0.1, 0.15) is 67.2 Å². The summed E-state index contributed by atoms with van der Waals surface area (Å²) in [4.78, 5) is 8.36. The van der Waals surface area contributed by atoms with Crippen molar-refractivity contribution in [3.63, 3.8) is 0 Å². The molecule has 0 bridgehead atoms. The second-order valence-corrected chi connectivity index (χ2v) is 12.0. The molecule has 3 atom stereocenters. The number of hydrogen-bond acceptors (Lipinski definition) is 3. The Bertz CT molecular complexity index is 475. The van der Waals surface area contributed by atoms with Gasteiger partial charge in [0.1, 0.15) is 0 Å². The molecule has 1 saturated carbocycles. The molecule has 3 heterocycles. The zero-order valence-electron chi connectivity index (χ0n) is 18.3. The third-order valence-corrected chi connectivity index (χ3v) is 8.35. The Hall–Kier alpha value is -0.120. The maximum absolute atomic E-state index is 2.87. The average Bonchev–Trinajstić information content (AvgIpc) is 3.02. The van der Waals surface area contributed by atoms with Gasteiger partial charge >= 0.3 is 0 Å². The highest BCUT2D eigenvalue weighted by atomic mass is 15.3. The van der Waals surface area contributed by atoms with Crippen LogP contribution < -0.4 is 0 Å². The smallest absolute Gasteiger partial charge is 0.0351 e. The summed E-state index contributed by atoms with van der Waals surface area (Å²) in [6.45, 7) is 22.5. The maximum atomic E-state index is 2.87. The van der Waals surface area contributed by atoms with Crippen molar-refractivity contribution in [2.24, 2.45) is 23.2 Å². The summed E-state index contributed by atoms with van der Waals surface area (Å²) in [7, 11) is 0. The van der Waals surface area contributed by atoms with E-state index in [9.17, 15) is 0 Å². The lowest BCUT2D eigenvalue weighted by atomic mass is 9.75. The van der Waals surface area contributed by atoms with E-state index in [2.05, 4.69) is 56.2 Å². The first-order valence-electron chi connectivity index (χ1n) is 11.3. The highest BCUT2D eigenvalue weighted by molar-refractivity contribution is 5.02. The molecule has 0 aromatic rings.